The van der Waals surface area contributed by atoms with Gasteiger partial charge in [0.15, 0.2) is 9.84 Å². The van der Waals surface area contributed by atoms with Crippen LogP contribution < -0.4 is 5.32 Å². The Bertz CT molecular complexity index is 818. The van der Waals surface area contributed by atoms with Gasteiger partial charge in [-0.1, -0.05) is 24.3 Å². The van der Waals surface area contributed by atoms with Gasteiger partial charge in [-0.25, -0.2) is 12.8 Å². The van der Waals surface area contributed by atoms with Crippen molar-refractivity contribution < 1.29 is 17.6 Å². The van der Waals surface area contributed by atoms with E-state index in [-0.39, 0.29) is 22.7 Å². The number of amides is 1. The van der Waals surface area contributed by atoms with Crippen LogP contribution in [0.5, 0.6) is 0 Å². The number of rotatable bonds is 7. The summed E-state index contributed by atoms with van der Waals surface area (Å²) < 4.78 is 35.7. The second kappa shape index (κ2) is 8.49. The first-order valence-corrected chi connectivity index (χ1v) is 10.7. The Morgan fingerprint density at radius 3 is 2.28 bits per heavy atom. The fourth-order valence-electron chi connectivity index (χ4n) is 2.21. The molecule has 25 heavy (non-hydrogen) atoms. The Morgan fingerprint density at radius 2 is 1.72 bits per heavy atom. The molecule has 0 unspecified atom stereocenters. The molecule has 4 nitrogen and oxygen atoms in total. The lowest BCUT2D eigenvalue weighted by molar-refractivity contribution is -0.119. The van der Waals surface area contributed by atoms with Gasteiger partial charge in [0.1, 0.15) is 5.82 Å². The number of hydrogen-bond acceptors (Lipinski definition) is 4. The molecule has 2 aromatic carbocycles. The highest BCUT2D eigenvalue weighted by atomic mass is 32.2. The lowest BCUT2D eigenvalue weighted by Crippen LogP contribution is -2.28. The van der Waals surface area contributed by atoms with Crippen LogP contribution in [0.2, 0.25) is 0 Å². The van der Waals surface area contributed by atoms with Crippen LogP contribution in [0.3, 0.4) is 0 Å². The van der Waals surface area contributed by atoms with E-state index in [9.17, 15) is 17.6 Å². The molecule has 0 bridgehead atoms. The first-order valence-electron chi connectivity index (χ1n) is 7.67. The highest BCUT2D eigenvalue weighted by molar-refractivity contribution is 7.99. The van der Waals surface area contributed by atoms with Gasteiger partial charge < -0.3 is 5.32 Å². The third-order valence-electron chi connectivity index (χ3n) is 3.60. The predicted octanol–water partition coefficient (Wildman–Crippen LogP) is 3.34. The first-order chi connectivity index (χ1) is 11.8. The van der Waals surface area contributed by atoms with Crippen molar-refractivity contribution in [2.24, 2.45) is 0 Å². The average molecular weight is 381 g/mol. The first kappa shape index (κ1) is 19.5. The molecule has 134 valence electrons. The normalized spacial score (nSPS) is 12.6. The van der Waals surface area contributed by atoms with Crippen LogP contribution >= 0.6 is 11.8 Å². The summed E-state index contributed by atoms with van der Waals surface area (Å²) in [5, 5.41) is 2.88. The summed E-state index contributed by atoms with van der Waals surface area (Å²) in [5.74, 6) is 0.544. The standard InChI is InChI=1S/C18H20FNO3S2/c1-13(15-5-9-17(10-6-15)25(2,22)23)20-18(21)12-24-11-14-3-7-16(19)8-4-14/h3-10,13H,11-12H2,1-2H3,(H,20,21)/t13-/m0/s1. The van der Waals surface area contributed by atoms with Crippen molar-refractivity contribution in [2.75, 3.05) is 12.0 Å². The molecule has 1 atom stereocenters. The molecule has 2 aromatic rings. The minimum Gasteiger partial charge on any atom is -0.349 e. The zero-order valence-electron chi connectivity index (χ0n) is 14.0. The Balaban J connectivity index is 1.82. The van der Waals surface area contributed by atoms with Crippen molar-refractivity contribution in [3.8, 4) is 0 Å². The van der Waals surface area contributed by atoms with E-state index in [2.05, 4.69) is 5.32 Å². The quantitative estimate of drug-likeness (QED) is 0.799. The molecule has 0 heterocycles. The molecule has 0 aliphatic heterocycles. The van der Waals surface area contributed by atoms with E-state index in [0.717, 1.165) is 17.4 Å². The van der Waals surface area contributed by atoms with Crippen molar-refractivity contribution in [2.45, 2.75) is 23.6 Å². The van der Waals surface area contributed by atoms with Crippen molar-refractivity contribution in [1.82, 2.24) is 5.32 Å². The van der Waals surface area contributed by atoms with E-state index in [1.54, 1.807) is 24.3 Å². The van der Waals surface area contributed by atoms with Gasteiger partial charge >= 0.3 is 0 Å². The van der Waals surface area contributed by atoms with Crippen molar-refractivity contribution in [1.29, 1.82) is 0 Å². The molecule has 0 saturated carbocycles. The topological polar surface area (TPSA) is 63.2 Å². The largest absolute Gasteiger partial charge is 0.349 e. The molecule has 0 fully saturated rings. The second-order valence-corrected chi connectivity index (χ2v) is 8.75. The molecule has 0 saturated heterocycles. The summed E-state index contributed by atoms with van der Waals surface area (Å²) in [6.45, 7) is 1.85. The van der Waals surface area contributed by atoms with E-state index >= 15 is 0 Å². The van der Waals surface area contributed by atoms with Crippen LogP contribution in [0.4, 0.5) is 4.39 Å². The van der Waals surface area contributed by atoms with Gasteiger partial charge in [-0.2, -0.15) is 0 Å². The smallest absolute Gasteiger partial charge is 0.230 e. The van der Waals surface area contributed by atoms with Gasteiger partial charge in [-0.05, 0) is 42.3 Å². The summed E-state index contributed by atoms with van der Waals surface area (Å²) in [6, 6.07) is 12.5. The lowest BCUT2D eigenvalue weighted by Gasteiger charge is -2.14. The third-order valence-corrected chi connectivity index (χ3v) is 5.73. The van der Waals surface area contributed by atoms with E-state index in [0.29, 0.717) is 11.5 Å². The van der Waals surface area contributed by atoms with E-state index in [4.69, 9.17) is 0 Å². The fourth-order valence-corrected chi connectivity index (χ4v) is 3.64. The van der Waals surface area contributed by atoms with Crippen LogP contribution in [0, 0.1) is 5.82 Å². The maximum atomic E-state index is 12.8. The van der Waals surface area contributed by atoms with Gasteiger partial charge in [0.25, 0.3) is 0 Å². The van der Waals surface area contributed by atoms with Crippen molar-refractivity contribution in [3.05, 3.63) is 65.5 Å². The Hall–Kier alpha value is -1.86. The minimum absolute atomic E-state index is 0.105. The molecule has 0 radical (unpaired) electrons. The number of carbonyl (C=O) groups is 1. The van der Waals surface area contributed by atoms with E-state index in [1.165, 1.54) is 36.0 Å². The maximum Gasteiger partial charge on any atom is 0.230 e. The SMILES string of the molecule is C[C@H](NC(=O)CSCc1ccc(F)cc1)c1ccc(S(C)(=O)=O)cc1. The monoisotopic (exact) mass is 381 g/mol. The number of nitrogens with one attached hydrogen (secondary N) is 1. The molecular weight excluding hydrogens is 361 g/mol. The number of carbonyl (C=O) groups excluding carboxylic acids is 1. The Morgan fingerprint density at radius 1 is 1.12 bits per heavy atom. The predicted molar refractivity (Wildman–Crippen MR) is 98.7 cm³/mol. The van der Waals surface area contributed by atoms with Crippen molar-refractivity contribution in [3.63, 3.8) is 0 Å². The molecule has 7 heteroatoms. The number of hydrogen-bond donors (Lipinski definition) is 1. The Labute approximate surface area is 151 Å². The lowest BCUT2D eigenvalue weighted by atomic mass is 10.1. The molecule has 0 aliphatic carbocycles. The zero-order chi connectivity index (χ0) is 18.4. The summed E-state index contributed by atoms with van der Waals surface area (Å²) in [7, 11) is -3.22. The molecule has 1 amide bonds. The molecule has 1 N–H and O–H groups in total. The summed E-state index contributed by atoms with van der Waals surface area (Å²) in [4.78, 5) is 12.3. The van der Waals surface area contributed by atoms with Crippen LogP contribution in [0.1, 0.15) is 24.1 Å². The third kappa shape index (κ3) is 6.17. The van der Waals surface area contributed by atoms with Crippen LogP contribution in [0.25, 0.3) is 0 Å². The number of sulfone groups is 1. The summed E-state index contributed by atoms with van der Waals surface area (Å²) in [6.07, 6.45) is 1.16. The Kier molecular flexibility index (Phi) is 6.61. The number of thioether (sulfide) groups is 1. The van der Waals surface area contributed by atoms with Crippen LogP contribution in [-0.4, -0.2) is 26.3 Å². The second-order valence-electron chi connectivity index (χ2n) is 5.75. The minimum atomic E-state index is -3.22. The molecular formula is C18H20FNO3S2. The van der Waals surface area contributed by atoms with Gasteiger partial charge in [0, 0.05) is 12.0 Å². The molecule has 0 aromatic heterocycles. The zero-order valence-corrected chi connectivity index (χ0v) is 15.7. The van der Waals surface area contributed by atoms with E-state index < -0.39 is 9.84 Å². The molecule has 2 rings (SSSR count). The highest BCUT2D eigenvalue weighted by Crippen LogP contribution is 2.17. The maximum absolute atomic E-state index is 12.8. The summed E-state index contributed by atoms with van der Waals surface area (Å²) in [5.41, 5.74) is 1.80. The van der Waals surface area contributed by atoms with Gasteiger partial charge in [0.2, 0.25) is 5.91 Å². The van der Waals surface area contributed by atoms with Gasteiger partial charge in [0.05, 0.1) is 16.7 Å². The van der Waals surface area contributed by atoms with E-state index in [1.807, 2.05) is 6.92 Å². The van der Waals surface area contributed by atoms with Crippen molar-refractivity contribution >= 4 is 27.5 Å². The molecule has 0 spiro atoms. The van der Waals surface area contributed by atoms with Gasteiger partial charge in [-0.15, -0.1) is 11.8 Å². The average Bonchev–Trinajstić information content (AvgIpc) is 2.56. The number of benzene rings is 2. The fraction of sp³-hybridized carbons (Fsp3) is 0.278. The number of halogens is 1. The van der Waals surface area contributed by atoms with Crippen LogP contribution in [-0.2, 0) is 20.4 Å². The van der Waals surface area contributed by atoms with Gasteiger partial charge in [-0.3, -0.25) is 4.79 Å². The molecule has 0 aliphatic rings. The summed E-state index contributed by atoms with van der Waals surface area (Å²) >= 11 is 1.45. The highest BCUT2D eigenvalue weighted by Gasteiger charge is 2.12. The van der Waals surface area contributed by atoms with Crippen LogP contribution in [0.15, 0.2) is 53.4 Å².